The molecule has 0 aliphatic carbocycles. The average molecular weight is 299 g/mol. The lowest BCUT2D eigenvalue weighted by molar-refractivity contribution is -0.136. The van der Waals surface area contributed by atoms with Gasteiger partial charge in [-0.05, 0) is 36.5 Å². The number of hydrogen-bond donors (Lipinski definition) is 2. The molecule has 0 aliphatic heterocycles. The Morgan fingerprint density at radius 1 is 1.25 bits per heavy atom. The maximum absolute atomic E-state index is 12.0. The molecule has 0 aliphatic rings. The second-order valence-electron chi connectivity index (χ2n) is 5.15. The van der Waals surface area contributed by atoms with Crippen molar-refractivity contribution in [1.29, 1.82) is 0 Å². The molecule has 1 aromatic carbocycles. The van der Waals surface area contributed by atoms with Gasteiger partial charge in [0.05, 0.1) is 11.3 Å². The van der Waals surface area contributed by atoms with E-state index in [4.69, 9.17) is 5.11 Å². The van der Waals surface area contributed by atoms with E-state index in [2.05, 4.69) is 18.6 Å². The first-order valence-corrected chi connectivity index (χ1v) is 8.10. The normalized spacial score (nSPS) is 11.8. The van der Waals surface area contributed by atoms with Gasteiger partial charge in [-0.25, -0.2) is 13.1 Å². The van der Waals surface area contributed by atoms with Crippen molar-refractivity contribution in [2.24, 2.45) is 5.92 Å². The van der Waals surface area contributed by atoms with Crippen LogP contribution in [0.25, 0.3) is 0 Å². The van der Waals surface area contributed by atoms with Crippen LogP contribution in [0.1, 0.15) is 32.3 Å². The van der Waals surface area contributed by atoms with Gasteiger partial charge in [-0.15, -0.1) is 0 Å². The van der Waals surface area contributed by atoms with Crippen molar-refractivity contribution in [3.63, 3.8) is 0 Å². The third kappa shape index (κ3) is 5.71. The van der Waals surface area contributed by atoms with Gasteiger partial charge in [-0.1, -0.05) is 26.0 Å². The number of benzene rings is 1. The summed E-state index contributed by atoms with van der Waals surface area (Å²) in [6.07, 6.45) is 1.66. The summed E-state index contributed by atoms with van der Waals surface area (Å²) < 4.78 is 26.5. The fraction of sp³-hybridized carbons (Fsp3) is 0.500. The molecular weight excluding hydrogens is 278 g/mol. The minimum atomic E-state index is -3.50. The van der Waals surface area contributed by atoms with E-state index in [0.717, 1.165) is 12.8 Å². The zero-order valence-electron chi connectivity index (χ0n) is 11.8. The highest BCUT2D eigenvalue weighted by Crippen LogP contribution is 2.11. The Kier molecular flexibility index (Phi) is 6.16. The van der Waals surface area contributed by atoms with E-state index in [0.29, 0.717) is 18.0 Å². The van der Waals surface area contributed by atoms with E-state index in [1.54, 1.807) is 0 Å². The van der Waals surface area contributed by atoms with E-state index in [-0.39, 0.29) is 11.3 Å². The van der Waals surface area contributed by atoms with Crippen molar-refractivity contribution in [2.45, 2.75) is 38.0 Å². The Balaban J connectivity index is 2.61. The zero-order chi connectivity index (χ0) is 15.2. The molecule has 0 fully saturated rings. The van der Waals surface area contributed by atoms with Crippen molar-refractivity contribution in [3.8, 4) is 0 Å². The molecule has 2 N–H and O–H groups in total. The number of rotatable bonds is 8. The van der Waals surface area contributed by atoms with Gasteiger partial charge in [0.1, 0.15) is 0 Å². The number of aliphatic carboxylic acids is 1. The summed E-state index contributed by atoms with van der Waals surface area (Å²) in [6, 6.07) is 5.92. The van der Waals surface area contributed by atoms with Gasteiger partial charge in [0, 0.05) is 6.54 Å². The third-order valence-corrected chi connectivity index (χ3v) is 4.32. The number of sulfonamides is 1. The highest BCUT2D eigenvalue weighted by molar-refractivity contribution is 7.89. The largest absolute Gasteiger partial charge is 0.481 e. The average Bonchev–Trinajstić information content (AvgIpc) is 2.34. The Bertz CT molecular complexity index is 535. The van der Waals surface area contributed by atoms with Gasteiger partial charge < -0.3 is 5.11 Å². The van der Waals surface area contributed by atoms with Crippen LogP contribution >= 0.6 is 0 Å². The molecule has 1 aromatic rings. The van der Waals surface area contributed by atoms with Gasteiger partial charge in [-0.2, -0.15) is 0 Å². The van der Waals surface area contributed by atoms with Crippen molar-refractivity contribution in [3.05, 3.63) is 29.8 Å². The second-order valence-corrected chi connectivity index (χ2v) is 6.92. The first-order valence-electron chi connectivity index (χ1n) is 6.61. The van der Waals surface area contributed by atoms with Crippen LogP contribution in [0.15, 0.2) is 29.2 Å². The summed E-state index contributed by atoms with van der Waals surface area (Å²) in [7, 11) is -3.50. The molecule has 5 nitrogen and oxygen atoms in total. The molecule has 0 saturated carbocycles. The van der Waals surface area contributed by atoms with Crippen LogP contribution in [0.5, 0.6) is 0 Å². The summed E-state index contributed by atoms with van der Waals surface area (Å²) in [5.74, 6) is -0.387. The topological polar surface area (TPSA) is 83.5 Å². The highest BCUT2D eigenvalue weighted by atomic mass is 32.2. The fourth-order valence-electron chi connectivity index (χ4n) is 1.76. The number of nitrogens with one attached hydrogen (secondary N) is 1. The number of carboxylic acids is 1. The van der Waals surface area contributed by atoms with E-state index >= 15 is 0 Å². The molecule has 0 atom stereocenters. The van der Waals surface area contributed by atoms with E-state index in [9.17, 15) is 13.2 Å². The van der Waals surface area contributed by atoms with Crippen LogP contribution in [-0.4, -0.2) is 26.0 Å². The summed E-state index contributed by atoms with van der Waals surface area (Å²) >= 11 is 0. The SMILES string of the molecule is CC(C)CCCNS(=O)(=O)c1ccc(CC(=O)O)cc1. The van der Waals surface area contributed by atoms with Gasteiger partial charge in [0.15, 0.2) is 0 Å². The Hall–Kier alpha value is -1.40. The van der Waals surface area contributed by atoms with Crippen LogP contribution < -0.4 is 4.72 Å². The molecule has 0 heterocycles. The van der Waals surface area contributed by atoms with Gasteiger partial charge in [-0.3, -0.25) is 4.79 Å². The van der Waals surface area contributed by atoms with Gasteiger partial charge >= 0.3 is 5.97 Å². The summed E-state index contributed by atoms with van der Waals surface area (Å²) in [5.41, 5.74) is 0.580. The summed E-state index contributed by atoms with van der Waals surface area (Å²) in [4.78, 5) is 10.7. The van der Waals surface area contributed by atoms with Gasteiger partial charge in [0.25, 0.3) is 0 Å². The molecular formula is C14H21NO4S. The minimum Gasteiger partial charge on any atom is -0.481 e. The molecule has 0 radical (unpaired) electrons. The lowest BCUT2D eigenvalue weighted by atomic mass is 10.1. The minimum absolute atomic E-state index is 0.109. The maximum atomic E-state index is 12.0. The Morgan fingerprint density at radius 2 is 1.85 bits per heavy atom. The van der Waals surface area contributed by atoms with Crippen LogP contribution in [0.3, 0.4) is 0 Å². The number of carboxylic acid groups (broad SMARTS) is 1. The molecule has 0 spiro atoms. The lowest BCUT2D eigenvalue weighted by Crippen LogP contribution is -2.25. The molecule has 20 heavy (non-hydrogen) atoms. The predicted octanol–water partition coefficient (Wildman–Crippen LogP) is 2.03. The Morgan fingerprint density at radius 3 is 2.35 bits per heavy atom. The zero-order valence-corrected chi connectivity index (χ0v) is 12.6. The highest BCUT2D eigenvalue weighted by Gasteiger charge is 2.13. The quantitative estimate of drug-likeness (QED) is 0.719. The molecule has 0 aromatic heterocycles. The number of hydrogen-bond acceptors (Lipinski definition) is 3. The second kappa shape index (κ2) is 7.40. The first kappa shape index (κ1) is 16.7. The van der Waals surface area contributed by atoms with E-state index in [1.807, 2.05) is 0 Å². The summed E-state index contributed by atoms with van der Waals surface area (Å²) in [5, 5.41) is 8.65. The lowest BCUT2D eigenvalue weighted by Gasteiger charge is -2.08. The monoisotopic (exact) mass is 299 g/mol. The van der Waals surface area contributed by atoms with Crippen molar-refractivity contribution in [1.82, 2.24) is 4.72 Å². The standard InChI is InChI=1S/C14H21NO4S/c1-11(2)4-3-9-15-20(18,19)13-7-5-12(6-8-13)10-14(16)17/h5-8,11,15H,3-4,9-10H2,1-2H3,(H,16,17). The molecule has 1 rings (SSSR count). The maximum Gasteiger partial charge on any atom is 0.307 e. The predicted molar refractivity (Wildman–Crippen MR) is 77.0 cm³/mol. The van der Waals surface area contributed by atoms with E-state index < -0.39 is 16.0 Å². The first-order chi connectivity index (χ1) is 9.31. The fourth-order valence-corrected chi connectivity index (χ4v) is 2.84. The molecule has 112 valence electrons. The van der Waals surface area contributed by atoms with Crippen LogP contribution in [0, 0.1) is 5.92 Å². The third-order valence-electron chi connectivity index (χ3n) is 2.84. The molecule has 0 amide bonds. The Labute approximate surface area is 120 Å². The molecule has 0 bridgehead atoms. The molecule has 0 unspecified atom stereocenters. The smallest absolute Gasteiger partial charge is 0.307 e. The molecule has 6 heteroatoms. The van der Waals surface area contributed by atoms with Crippen LogP contribution in [0.4, 0.5) is 0 Å². The number of carbonyl (C=O) groups is 1. The van der Waals surface area contributed by atoms with Crippen LogP contribution in [0.2, 0.25) is 0 Å². The van der Waals surface area contributed by atoms with Crippen molar-refractivity contribution < 1.29 is 18.3 Å². The summed E-state index contributed by atoms with van der Waals surface area (Å²) in [6.45, 7) is 4.60. The van der Waals surface area contributed by atoms with E-state index in [1.165, 1.54) is 24.3 Å². The van der Waals surface area contributed by atoms with Crippen LogP contribution in [-0.2, 0) is 21.2 Å². The molecule has 0 saturated heterocycles. The van der Waals surface area contributed by atoms with Gasteiger partial charge in [0.2, 0.25) is 10.0 Å². The van der Waals surface area contributed by atoms with Crippen molar-refractivity contribution in [2.75, 3.05) is 6.54 Å². The van der Waals surface area contributed by atoms with Crippen molar-refractivity contribution >= 4 is 16.0 Å².